The summed E-state index contributed by atoms with van der Waals surface area (Å²) in [4.78, 5) is 0. The third kappa shape index (κ3) is 10.7. The summed E-state index contributed by atoms with van der Waals surface area (Å²) >= 11 is 0. The largest absolute Gasteiger partial charge is 0.377 e. The quantitative estimate of drug-likeness (QED) is 0.477. The molecule has 0 spiro atoms. The molecule has 0 amide bonds. The maximum absolute atomic E-state index is 5.90. The van der Waals surface area contributed by atoms with Gasteiger partial charge in [0.25, 0.3) is 0 Å². The Kier molecular flexibility index (Phi) is 12.5. The highest BCUT2D eigenvalue weighted by atomic mass is 16.5. The minimum atomic E-state index is 0.564. The molecule has 0 bridgehead atoms. The van der Waals surface area contributed by atoms with Gasteiger partial charge in [-0.25, -0.2) is 0 Å². The van der Waals surface area contributed by atoms with Gasteiger partial charge in [-0.15, -0.1) is 0 Å². The molecule has 0 unspecified atom stereocenters. The molecule has 2 nitrogen and oxygen atoms in total. The molecular formula is C18H37NO. The summed E-state index contributed by atoms with van der Waals surface area (Å²) in [6.45, 7) is 5.39. The Balaban J connectivity index is 1.70. The van der Waals surface area contributed by atoms with Crippen LogP contribution in [-0.4, -0.2) is 25.8 Å². The first kappa shape index (κ1) is 18.0. The highest BCUT2D eigenvalue weighted by molar-refractivity contribution is 4.65. The van der Waals surface area contributed by atoms with E-state index in [2.05, 4.69) is 12.2 Å². The van der Waals surface area contributed by atoms with E-state index in [4.69, 9.17) is 4.74 Å². The van der Waals surface area contributed by atoms with Crippen molar-refractivity contribution in [3.05, 3.63) is 0 Å². The molecule has 0 aromatic rings. The Morgan fingerprint density at radius 1 is 0.800 bits per heavy atom. The van der Waals surface area contributed by atoms with Crippen LogP contribution in [0.1, 0.15) is 90.4 Å². The molecular weight excluding hydrogens is 246 g/mol. The molecule has 1 N–H and O–H groups in total. The summed E-state index contributed by atoms with van der Waals surface area (Å²) < 4.78 is 5.90. The van der Waals surface area contributed by atoms with Crippen molar-refractivity contribution in [2.75, 3.05) is 19.7 Å². The van der Waals surface area contributed by atoms with Crippen LogP contribution >= 0.6 is 0 Å². The Morgan fingerprint density at radius 2 is 1.45 bits per heavy atom. The average molecular weight is 284 g/mol. The second-order valence-corrected chi connectivity index (χ2v) is 6.36. The molecule has 20 heavy (non-hydrogen) atoms. The highest BCUT2D eigenvalue weighted by Crippen LogP contribution is 2.19. The maximum Gasteiger partial charge on any atom is 0.0594 e. The van der Waals surface area contributed by atoms with Crippen LogP contribution < -0.4 is 5.32 Å². The zero-order chi connectivity index (χ0) is 14.3. The number of ether oxygens (including phenoxy) is 1. The van der Waals surface area contributed by atoms with Crippen molar-refractivity contribution >= 4 is 0 Å². The lowest BCUT2D eigenvalue weighted by Crippen LogP contribution is -2.25. The molecule has 120 valence electrons. The van der Waals surface area contributed by atoms with Crippen LogP contribution in [0.15, 0.2) is 0 Å². The topological polar surface area (TPSA) is 21.3 Å². The van der Waals surface area contributed by atoms with E-state index in [1.807, 2.05) is 0 Å². The van der Waals surface area contributed by atoms with Gasteiger partial charge in [-0.05, 0) is 25.8 Å². The Morgan fingerprint density at radius 3 is 2.15 bits per heavy atom. The molecule has 1 aliphatic rings. The molecule has 0 heterocycles. The lowest BCUT2D eigenvalue weighted by molar-refractivity contribution is 0.0303. The van der Waals surface area contributed by atoms with Gasteiger partial charge in [0.2, 0.25) is 0 Å². The van der Waals surface area contributed by atoms with Crippen LogP contribution in [0.5, 0.6) is 0 Å². The standard InChI is InChI=1S/C18H37NO/c1-2-3-4-5-6-7-8-12-15-19-16-17-20-18-13-10-9-11-14-18/h18-19H,2-17H2,1H3. The molecule has 1 saturated carbocycles. The van der Waals surface area contributed by atoms with Crippen molar-refractivity contribution in [3.8, 4) is 0 Å². The summed E-state index contributed by atoms with van der Waals surface area (Å²) in [5.41, 5.74) is 0. The number of nitrogens with one attached hydrogen (secondary N) is 1. The first-order chi connectivity index (χ1) is 9.93. The van der Waals surface area contributed by atoms with Crippen molar-refractivity contribution in [2.24, 2.45) is 0 Å². The second kappa shape index (κ2) is 13.9. The fraction of sp³-hybridized carbons (Fsp3) is 1.00. The third-order valence-corrected chi connectivity index (χ3v) is 4.39. The van der Waals surface area contributed by atoms with Gasteiger partial charge in [-0.3, -0.25) is 0 Å². The Hall–Kier alpha value is -0.0800. The van der Waals surface area contributed by atoms with Crippen molar-refractivity contribution in [2.45, 2.75) is 96.5 Å². The van der Waals surface area contributed by atoms with E-state index in [1.54, 1.807) is 0 Å². The Bertz CT molecular complexity index is 190. The van der Waals surface area contributed by atoms with E-state index in [9.17, 15) is 0 Å². The van der Waals surface area contributed by atoms with E-state index >= 15 is 0 Å². The normalized spacial score (nSPS) is 16.6. The van der Waals surface area contributed by atoms with Crippen LogP contribution in [0, 0.1) is 0 Å². The van der Waals surface area contributed by atoms with E-state index < -0.39 is 0 Å². The number of rotatable bonds is 13. The fourth-order valence-electron chi connectivity index (χ4n) is 3.04. The number of hydrogen-bond acceptors (Lipinski definition) is 2. The van der Waals surface area contributed by atoms with Gasteiger partial charge in [0.15, 0.2) is 0 Å². The van der Waals surface area contributed by atoms with Gasteiger partial charge >= 0.3 is 0 Å². The van der Waals surface area contributed by atoms with Crippen LogP contribution in [0.3, 0.4) is 0 Å². The van der Waals surface area contributed by atoms with Crippen molar-refractivity contribution < 1.29 is 4.74 Å². The molecule has 0 saturated heterocycles. The molecule has 2 heteroatoms. The van der Waals surface area contributed by atoms with Crippen LogP contribution in [0.4, 0.5) is 0 Å². The van der Waals surface area contributed by atoms with Gasteiger partial charge in [0.1, 0.15) is 0 Å². The molecule has 0 radical (unpaired) electrons. The molecule has 0 atom stereocenters. The first-order valence-electron chi connectivity index (χ1n) is 9.26. The van der Waals surface area contributed by atoms with Gasteiger partial charge in [0.05, 0.1) is 12.7 Å². The van der Waals surface area contributed by atoms with E-state index in [1.165, 1.54) is 90.0 Å². The third-order valence-electron chi connectivity index (χ3n) is 4.39. The van der Waals surface area contributed by atoms with Gasteiger partial charge in [-0.2, -0.15) is 0 Å². The lowest BCUT2D eigenvalue weighted by atomic mass is 9.98. The fourth-order valence-corrected chi connectivity index (χ4v) is 3.04. The van der Waals surface area contributed by atoms with Crippen LogP contribution in [-0.2, 0) is 4.74 Å². The summed E-state index contributed by atoms with van der Waals surface area (Å²) in [6, 6.07) is 0. The summed E-state index contributed by atoms with van der Waals surface area (Å²) in [7, 11) is 0. The SMILES string of the molecule is CCCCCCCCCCNCCOC1CCCCC1. The van der Waals surface area contributed by atoms with Crippen molar-refractivity contribution in [1.29, 1.82) is 0 Å². The van der Waals surface area contributed by atoms with E-state index in [0.717, 1.165) is 13.2 Å². The Labute approximate surface area is 127 Å². The summed E-state index contributed by atoms with van der Waals surface area (Å²) in [5.74, 6) is 0. The van der Waals surface area contributed by atoms with Crippen molar-refractivity contribution in [3.63, 3.8) is 0 Å². The van der Waals surface area contributed by atoms with Crippen molar-refractivity contribution in [1.82, 2.24) is 5.32 Å². The van der Waals surface area contributed by atoms with E-state index in [-0.39, 0.29) is 0 Å². The second-order valence-electron chi connectivity index (χ2n) is 6.36. The predicted octanol–water partition coefficient (Wildman–Crippen LogP) is 5.07. The van der Waals surface area contributed by atoms with Gasteiger partial charge < -0.3 is 10.1 Å². The van der Waals surface area contributed by atoms with Crippen LogP contribution in [0.25, 0.3) is 0 Å². The molecule has 1 aliphatic carbocycles. The first-order valence-corrected chi connectivity index (χ1v) is 9.26. The smallest absolute Gasteiger partial charge is 0.0594 e. The molecule has 0 aliphatic heterocycles. The predicted molar refractivity (Wildman–Crippen MR) is 88.3 cm³/mol. The molecule has 1 fully saturated rings. The van der Waals surface area contributed by atoms with Gasteiger partial charge in [-0.1, -0.05) is 71.1 Å². The van der Waals surface area contributed by atoms with E-state index in [0.29, 0.717) is 6.10 Å². The minimum absolute atomic E-state index is 0.564. The highest BCUT2D eigenvalue weighted by Gasteiger charge is 2.12. The van der Waals surface area contributed by atoms with Crippen LogP contribution in [0.2, 0.25) is 0 Å². The zero-order valence-corrected chi connectivity index (χ0v) is 13.8. The molecule has 1 rings (SSSR count). The number of unbranched alkanes of at least 4 members (excludes halogenated alkanes) is 7. The molecule has 0 aromatic heterocycles. The summed E-state index contributed by atoms with van der Waals surface area (Å²) in [5, 5.41) is 3.51. The average Bonchev–Trinajstić information content (AvgIpc) is 2.49. The number of hydrogen-bond donors (Lipinski definition) is 1. The summed E-state index contributed by atoms with van der Waals surface area (Å²) in [6.07, 6.45) is 18.5. The minimum Gasteiger partial charge on any atom is -0.377 e. The maximum atomic E-state index is 5.90. The lowest BCUT2D eigenvalue weighted by Gasteiger charge is -2.22. The molecule has 0 aromatic carbocycles. The van der Waals surface area contributed by atoms with Gasteiger partial charge in [0, 0.05) is 6.54 Å². The zero-order valence-electron chi connectivity index (χ0n) is 13.8. The monoisotopic (exact) mass is 283 g/mol.